The summed E-state index contributed by atoms with van der Waals surface area (Å²) < 4.78 is 5.27. The Morgan fingerprint density at radius 3 is 3.00 bits per heavy atom. The van der Waals surface area contributed by atoms with Crippen molar-refractivity contribution in [3.63, 3.8) is 0 Å². The third-order valence-electron chi connectivity index (χ3n) is 3.47. The molecule has 1 rings (SSSR count). The van der Waals surface area contributed by atoms with Gasteiger partial charge in [-0.1, -0.05) is 26.7 Å². The molecule has 2 unspecified atom stereocenters. The number of amides is 1. The molecule has 0 spiro atoms. The second-order valence-electron chi connectivity index (χ2n) is 5.35. The summed E-state index contributed by atoms with van der Waals surface area (Å²) in [5.74, 6) is 0.335. The van der Waals surface area contributed by atoms with Crippen molar-refractivity contribution < 1.29 is 9.53 Å². The van der Waals surface area contributed by atoms with Crippen molar-refractivity contribution >= 4 is 5.91 Å². The molecule has 1 fully saturated rings. The van der Waals surface area contributed by atoms with Gasteiger partial charge in [0.1, 0.15) is 12.1 Å². The van der Waals surface area contributed by atoms with Crippen LogP contribution in [0.5, 0.6) is 0 Å². The van der Waals surface area contributed by atoms with E-state index in [0.717, 1.165) is 38.5 Å². The standard InChI is InChI=1S/C14H24N2O2/c1-3-4-8-18-10-13(17)16-14(11-15)7-5-6-12(2)9-14/h12H,3-10H2,1-2H3,(H,16,17). The summed E-state index contributed by atoms with van der Waals surface area (Å²) in [5, 5.41) is 12.2. The monoisotopic (exact) mass is 252 g/mol. The van der Waals surface area contributed by atoms with Crippen LogP contribution in [0.3, 0.4) is 0 Å². The van der Waals surface area contributed by atoms with Gasteiger partial charge in [0, 0.05) is 6.61 Å². The minimum Gasteiger partial charge on any atom is -0.372 e. The van der Waals surface area contributed by atoms with Crippen LogP contribution >= 0.6 is 0 Å². The number of carbonyl (C=O) groups excluding carboxylic acids is 1. The molecule has 1 aliphatic rings. The highest BCUT2D eigenvalue weighted by Crippen LogP contribution is 2.31. The summed E-state index contributed by atoms with van der Waals surface area (Å²) in [6.45, 7) is 4.89. The molecule has 2 atom stereocenters. The van der Waals surface area contributed by atoms with E-state index in [1.807, 2.05) is 0 Å². The van der Waals surface area contributed by atoms with Crippen molar-refractivity contribution in [2.45, 2.75) is 57.9 Å². The zero-order valence-electron chi connectivity index (χ0n) is 11.5. The molecule has 1 saturated carbocycles. The molecule has 0 radical (unpaired) electrons. The lowest BCUT2D eigenvalue weighted by molar-refractivity contribution is -0.127. The number of hydrogen-bond donors (Lipinski definition) is 1. The quantitative estimate of drug-likeness (QED) is 0.738. The van der Waals surface area contributed by atoms with Crippen LogP contribution in [0.2, 0.25) is 0 Å². The first-order valence-electron chi connectivity index (χ1n) is 6.92. The van der Waals surface area contributed by atoms with Crippen molar-refractivity contribution in [2.75, 3.05) is 13.2 Å². The molecule has 0 aromatic rings. The van der Waals surface area contributed by atoms with Gasteiger partial charge in [-0.05, 0) is 31.6 Å². The van der Waals surface area contributed by atoms with Gasteiger partial charge in [0.25, 0.3) is 0 Å². The maximum absolute atomic E-state index is 11.8. The van der Waals surface area contributed by atoms with Gasteiger partial charge in [-0.25, -0.2) is 0 Å². The maximum Gasteiger partial charge on any atom is 0.247 e. The zero-order chi connectivity index (χ0) is 13.4. The Balaban J connectivity index is 2.38. The summed E-state index contributed by atoms with van der Waals surface area (Å²) in [4.78, 5) is 11.8. The van der Waals surface area contributed by atoms with Crippen LogP contribution in [0.4, 0.5) is 0 Å². The molecular weight excluding hydrogens is 228 g/mol. The Morgan fingerprint density at radius 2 is 2.39 bits per heavy atom. The molecule has 0 bridgehead atoms. The number of hydrogen-bond acceptors (Lipinski definition) is 3. The molecule has 4 heteroatoms. The Labute approximate surface area is 110 Å². The van der Waals surface area contributed by atoms with Crippen molar-refractivity contribution in [3.8, 4) is 6.07 Å². The lowest BCUT2D eigenvalue weighted by atomic mass is 9.77. The second-order valence-corrected chi connectivity index (χ2v) is 5.35. The van der Waals surface area contributed by atoms with E-state index in [-0.39, 0.29) is 12.5 Å². The van der Waals surface area contributed by atoms with Gasteiger partial charge in [-0.15, -0.1) is 0 Å². The van der Waals surface area contributed by atoms with E-state index in [4.69, 9.17) is 4.74 Å². The minimum absolute atomic E-state index is 0.0673. The third-order valence-corrected chi connectivity index (χ3v) is 3.47. The molecule has 0 saturated heterocycles. The SMILES string of the molecule is CCCCOCC(=O)NC1(C#N)CCCC(C)C1. The highest BCUT2D eigenvalue weighted by molar-refractivity contribution is 5.78. The van der Waals surface area contributed by atoms with E-state index in [1.54, 1.807) is 0 Å². The van der Waals surface area contributed by atoms with Gasteiger partial charge >= 0.3 is 0 Å². The fraction of sp³-hybridized carbons (Fsp3) is 0.857. The fourth-order valence-corrected chi connectivity index (χ4v) is 2.51. The first-order valence-corrected chi connectivity index (χ1v) is 6.92. The van der Waals surface area contributed by atoms with Crippen LogP contribution in [0, 0.1) is 17.2 Å². The van der Waals surface area contributed by atoms with E-state index in [0.29, 0.717) is 12.5 Å². The highest BCUT2D eigenvalue weighted by Gasteiger charge is 2.36. The molecule has 18 heavy (non-hydrogen) atoms. The molecular formula is C14H24N2O2. The number of unbranched alkanes of at least 4 members (excludes halogenated alkanes) is 1. The summed E-state index contributed by atoms with van der Waals surface area (Å²) >= 11 is 0. The average molecular weight is 252 g/mol. The van der Waals surface area contributed by atoms with Crippen LogP contribution in [0.15, 0.2) is 0 Å². The molecule has 0 heterocycles. The van der Waals surface area contributed by atoms with Gasteiger partial charge in [0.05, 0.1) is 6.07 Å². The van der Waals surface area contributed by atoms with Crippen LogP contribution < -0.4 is 5.32 Å². The smallest absolute Gasteiger partial charge is 0.247 e. The summed E-state index contributed by atoms with van der Waals surface area (Å²) in [6.07, 6.45) is 5.69. The summed E-state index contributed by atoms with van der Waals surface area (Å²) in [6, 6.07) is 2.29. The number of nitrogens with zero attached hydrogens (tertiary/aromatic N) is 1. The summed E-state index contributed by atoms with van der Waals surface area (Å²) in [7, 11) is 0. The topological polar surface area (TPSA) is 62.1 Å². The van der Waals surface area contributed by atoms with Gasteiger partial charge in [-0.2, -0.15) is 5.26 Å². The van der Waals surface area contributed by atoms with E-state index in [1.165, 1.54) is 0 Å². The number of nitrogens with one attached hydrogen (secondary N) is 1. The fourth-order valence-electron chi connectivity index (χ4n) is 2.51. The number of carbonyl (C=O) groups is 1. The number of nitriles is 1. The third kappa shape index (κ3) is 4.66. The minimum atomic E-state index is -0.664. The van der Waals surface area contributed by atoms with Crippen molar-refractivity contribution in [2.24, 2.45) is 5.92 Å². The Bertz CT molecular complexity index is 311. The molecule has 0 aromatic carbocycles. The van der Waals surface area contributed by atoms with Crippen LogP contribution in [-0.2, 0) is 9.53 Å². The first kappa shape index (κ1) is 15.0. The largest absolute Gasteiger partial charge is 0.372 e. The number of ether oxygens (including phenoxy) is 1. The summed E-state index contributed by atoms with van der Waals surface area (Å²) in [5.41, 5.74) is -0.664. The lowest BCUT2D eigenvalue weighted by Crippen LogP contribution is -2.51. The predicted molar refractivity (Wildman–Crippen MR) is 69.8 cm³/mol. The highest BCUT2D eigenvalue weighted by atomic mass is 16.5. The molecule has 102 valence electrons. The normalized spacial score (nSPS) is 27.5. The van der Waals surface area contributed by atoms with Crippen LogP contribution in [-0.4, -0.2) is 24.7 Å². The molecule has 0 aromatic heterocycles. The second kappa shape index (κ2) is 7.38. The average Bonchev–Trinajstić information content (AvgIpc) is 2.34. The van der Waals surface area contributed by atoms with E-state index in [9.17, 15) is 10.1 Å². The number of rotatable bonds is 6. The van der Waals surface area contributed by atoms with Crippen molar-refractivity contribution in [1.29, 1.82) is 5.26 Å². The van der Waals surface area contributed by atoms with E-state index in [2.05, 4.69) is 25.2 Å². The van der Waals surface area contributed by atoms with Crippen LogP contribution in [0.25, 0.3) is 0 Å². The molecule has 1 N–H and O–H groups in total. The zero-order valence-corrected chi connectivity index (χ0v) is 11.5. The Hall–Kier alpha value is -1.08. The Kier molecular flexibility index (Phi) is 6.14. The van der Waals surface area contributed by atoms with E-state index < -0.39 is 5.54 Å². The van der Waals surface area contributed by atoms with E-state index >= 15 is 0 Å². The molecule has 1 amide bonds. The Morgan fingerprint density at radius 1 is 1.61 bits per heavy atom. The predicted octanol–water partition coefficient (Wildman–Crippen LogP) is 2.39. The molecule has 4 nitrogen and oxygen atoms in total. The van der Waals surface area contributed by atoms with Crippen molar-refractivity contribution in [3.05, 3.63) is 0 Å². The van der Waals surface area contributed by atoms with Gasteiger partial charge < -0.3 is 10.1 Å². The molecule has 0 aliphatic heterocycles. The maximum atomic E-state index is 11.8. The molecule has 1 aliphatic carbocycles. The van der Waals surface area contributed by atoms with Crippen LogP contribution in [0.1, 0.15) is 52.4 Å². The van der Waals surface area contributed by atoms with Crippen molar-refractivity contribution in [1.82, 2.24) is 5.32 Å². The lowest BCUT2D eigenvalue weighted by Gasteiger charge is -2.34. The van der Waals surface area contributed by atoms with Gasteiger partial charge in [0.2, 0.25) is 5.91 Å². The van der Waals surface area contributed by atoms with Gasteiger partial charge in [-0.3, -0.25) is 4.79 Å². The van der Waals surface area contributed by atoms with Gasteiger partial charge in [0.15, 0.2) is 0 Å². The first-order chi connectivity index (χ1) is 8.62.